The van der Waals surface area contributed by atoms with E-state index in [1.54, 1.807) is 7.11 Å². The normalized spacial score (nSPS) is 10.2. The molecule has 18 heavy (non-hydrogen) atoms. The molecule has 0 aliphatic heterocycles. The van der Waals surface area contributed by atoms with Crippen LogP contribution in [0.25, 0.3) is 0 Å². The summed E-state index contributed by atoms with van der Waals surface area (Å²) in [4.78, 5) is 2.06. The summed E-state index contributed by atoms with van der Waals surface area (Å²) in [5, 5.41) is 0. The lowest BCUT2D eigenvalue weighted by Crippen LogP contribution is -2.14. The Kier molecular flexibility index (Phi) is 3.42. The molecule has 2 aromatic carbocycles. The van der Waals surface area contributed by atoms with Crippen LogP contribution in [0, 0.1) is 6.92 Å². The first-order valence-corrected chi connectivity index (χ1v) is 5.87. The Hall–Kier alpha value is -2.16. The summed E-state index contributed by atoms with van der Waals surface area (Å²) in [5.41, 5.74) is 9.99. The van der Waals surface area contributed by atoms with E-state index in [0.29, 0.717) is 0 Å². The lowest BCUT2D eigenvalue weighted by molar-refractivity contribution is 0.415. The van der Waals surface area contributed by atoms with Crippen LogP contribution in [0.5, 0.6) is 5.75 Å². The number of methoxy groups -OCH3 is 1. The molecule has 0 saturated heterocycles. The zero-order chi connectivity index (χ0) is 13.1. The summed E-state index contributed by atoms with van der Waals surface area (Å²) < 4.78 is 5.39. The summed E-state index contributed by atoms with van der Waals surface area (Å²) in [5.74, 6) is 0.836. The van der Waals surface area contributed by atoms with Gasteiger partial charge in [0.1, 0.15) is 5.75 Å². The minimum Gasteiger partial charge on any atom is -0.495 e. The zero-order valence-electron chi connectivity index (χ0n) is 11.0. The van der Waals surface area contributed by atoms with E-state index in [1.165, 1.54) is 0 Å². The van der Waals surface area contributed by atoms with Gasteiger partial charge in [-0.2, -0.15) is 0 Å². The summed E-state index contributed by atoms with van der Waals surface area (Å²) in [6.45, 7) is 2.05. The third kappa shape index (κ3) is 2.12. The molecule has 0 radical (unpaired) electrons. The average Bonchev–Trinajstić information content (AvgIpc) is 2.38. The highest BCUT2D eigenvalue weighted by Gasteiger charge is 2.13. The van der Waals surface area contributed by atoms with Gasteiger partial charge in [0.05, 0.1) is 24.2 Å². The smallest absolute Gasteiger partial charge is 0.142 e. The van der Waals surface area contributed by atoms with Crippen LogP contribution in [0.1, 0.15) is 5.56 Å². The van der Waals surface area contributed by atoms with Gasteiger partial charge in [0.15, 0.2) is 0 Å². The number of ether oxygens (including phenoxy) is 1. The van der Waals surface area contributed by atoms with Crippen LogP contribution in [0.2, 0.25) is 0 Å². The number of rotatable bonds is 3. The predicted octanol–water partition coefficient (Wildman–Crippen LogP) is 3.35. The summed E-state index contributed by atoms with van der Waals surface area (Å²) in [6.07, 6.45) is 0. The van der Waals surface area contributed by atoms with Gasteiger partial charge in [-0.25, -0.2) is 0 Å². The molecular formula is C15H18N2O. The lowest BCUT2D eigenvalue weighted by atomic mass is 10.1. The van der Waals surface area contributed by atoms with E-state index in [0.717, 1.165) is 28.4 Å². The Morgan fingerprint density at radius 2 is 1.78 bits per heavy atom. The van der Waals surface area contributed by atoms with Crippen molar-refractivity contribution in [2.75, 3.05) is 24.8 Å². The lowest BCUT2D eigenvalue weighted by Gasteiger charge is -2.24. The van der Waals surface area contributed by atoms with Crippen LogP contribution < -0.4 is 15.4 Å². The number of hydrogen-bond donors (Lipinski definition) is 1. The van der Waals surface area contributed by atoms with Crippen molar-refractivity contribution >= 4 is 17.1 Å². The summed E-state index contributed by atoms with van der Waals surface area (Å²) in [7, 11) is 3.67. The fourth-order valence-electron chi connectivity index (χ4n) is 2.17. The van der Waals surface area contributed by atoms with E-state index >= 15 is 0 Å². The third-order valence-corrected chi connectivity index (χ3v) is 3.05. The molecule has 3 nitrogen and oxygen atoms in total. The van der Waals surface area contributed by atoms with Crippen molar-refractivity contribution in [2.24, 2.45) is 0 Å². The quantitative estimate of drug-likeness (QED) is 0.839. The molecule has 0 amide bonds. The number of benzene rings is 2. The molecular weight excluding hydrogens is 224 g/mol. The molecule has 0 fully saturated rings. The van der Waals surface area contributed by atoms with Gasteiger partial charge in [0, 0.05) is 7.05 Å². The molecule has 0 aromatic heterocycles. The Morgan fingerprint density at radius 3 is 2.44 bits per heavy atom. The average molecular weight is 242 g/mol. The first-order chi connectivity index (χ1) is 8.65. The van der Waals surface area contributed by atoms with Gasteiger partial charge < -0.3 is 15.4 Å². The third-order valence-electron chi connectivity index (χ3n) is 3.05. The minimum atomic E-state index is 0.767. The summed E-state index contributed by atoms with van der Waals surface area (Å²) >= 11 is 0. The first-order valence-electron chi connectivity index (χ1n) is 5.87. The highest BCUT2D eigenvalue weighted by molar-refractivity contribution is 5.79. The summed E-state index contributed by atoms with van der Waals surface area (Å²) in [6, 6.07) is 13.8. The zero-order valence-corrected chi connectivity index (χ0v) is 11.0. The number of aryl methyl sites for hydroxylation is 1. The standard InChI is InChI=1S/C15H18N2O/c1-11-7-6-8-12(16)15(11)17(2)13-9-4-5-10-14(13)18-3/h4-10H,16H2,1-3H3. The molecule has 2 N–H and O–H groups in total. The Balaban J connectivity index is 2.51. The number of nitrogen functional groups attached to an aromatic ring is 1. The molecule has 0 aliphatic rings. The van der Waals surface area contributed by atoms with Gasteiger partial charge in [0.25, 0.3) is 0 Å². The largest absolute Gasteiger partial charge is 0.495 e. The van der Waals surface area contributed by atoms with Gasteiger partial charge >= 0.3 is 0 Å². The number of nitrogens with zero attached hydrogens (tertiary/aromatic N) is 1. The van der Waals surface area contributed by atoms with E-state index in [9.17, 15) is 0 Å². The van der Waals surface area contributed by atoms with E-state index in [1.807, 2.05) is 43.4 Å². The fourth-order valence-corrected chi connectivity index (χ4v) is 2.17. The Morgan fingerprint density at radius 1 is 1.06 bits per heavy atom. The predicted molar refractivity (Wildman–Crippen MR) is 76.6 cm³/mol. The van der Waals surface area contributed by atoms with Crippen LogP contribution in [0.3, 0.4) is 0 Å². The molecule has 0 saturated carbocycles. The van der Waals surface area contributed by atoms with Crippen LogP contribution in [0.4, 0.5) is 17.1 Å². The molecule has 0 atom stereocenters. The SMILES string of the molecule is COc1ccccc1N(C)c1c(C)cccc1N. The molecule has 0 spiro atoms. The maximum atomic E-state index is 6.07. The maximum Gasteiger partial charge on any atom is 0.142 e. The molecule has 2 rings (SSSR count). The maximum absolute atomic E-state index is 6.07. The van der Waals surface area contributed by atoms with Crippen molar-refractivity contribution in [1.29, 1.82) is 0 Å². The van der Waals surface area contributed by atoms with Crippen molar-refractivity contribution in [3.8, 4) is 5.75 Å². The Bertz CT molecular complexity index is 532. The van der Waals surface area contributed by atoms with Crippen molar-refractivity contribution in [2.45, 2.75) is 6.92 Å². The number of nitrogens with two attached hydrogens (primary N) is 1. The van der Waals surface area contributed by atoms with E-state index in [-0.39, 0.29) is 0 Å². The first kappa shape index (κ1) is 12.3. The number of para-hydroxylation sites is 3. The van der Waals surface area contributed by atoms with Crippen LogP contribution in [-0.2, 0) is 0 Å². The molecule has 0 heterocycles. The molecule has 2 aromatic rings. The van der Waals surface area contributed by atoms with Crippen LogP contribution >= 0.6 is 0 Å². The van der Waals surface area contributed by atoms with Gasteiger partial charge in [-0.3, -0.25) is 0 Å². The van der Waals surface area contributed by atoms with Gasteiger partial charge in [-0.1, -0.05) is 24.3 Å². The molecule has 0 unspecified atom stereocenters. The molecule has 3 heteroatoms. The second-order valence-corrected chi connectivity index (χ2v) is 4.24. The highest BCUT2D eigenvalue weighted by atomic mass is 16.5. The molecule has 94 valence electrons. The monoisotopic (exact) mass is 242 g/mol. The van der Waals surface area contributed by atoms with Crippen LogP contribution in [0.15, 0.2) is 42.5 Å². The second-order valence-electron chi connectivity index (χ2n) is 4.24. The van der Waals surface area contributed by atoms with Gasteiger partial charge in [-0.15, -0.1) is 0 Å². The fraction of sp³-hybridized carbons (Fsp3) is 0.200. The van der Waals surface area contributed by atoms with Crippen molar-refractivity contribution in [1.82, 2.24) is 0 Å². The van der Waals surface area contributed by atoms with Gasteiger partial charge in [0.2, 0.25) is 0 Å². The van der Waals surface area contributed by atoms with Crippen molar-refractivity contribution in [3.05, 3.63) is 48.0 Å². The highest BCUT2D eigenvalue weighted by Crippen LogP contribution is 2.36. The molecule has 0 bridgehead atoms. The van der Waals surface area contributed by atoms with Gasteiger partial charge in [-0.05, 0) is 30.7 Å². The second kappa shape index (κ2) is 5.00. The topological polar surface area (TPSA) is 38.5 Å². The van der Waals surface area contributed by atoms with E-state index in [2.05, 4.69) is 17.9 Å². The molecule has 0 aliphatic carbocycles. The number of hydrogen-bond acceptors (Lipinski definition) is 3. The minimum absolute atomic E-state index is 0.767. The Labute approximate surface area is 108 Å². The number of anilines is 3. The van der Waals surface area contributed by atoms with Crippen LogP contribution in [-0.4, -0.2) is 14.2 Å². The van der Waals surface area contributed by atoms with Crippen molar-refractivity contribution in [3.63, 3.8) is 0 Å². The van der Waals surface area contributed by atoms with E-state index in [4.69, 9.17) is 10.5 Å². The van der Waals surface area contributed by atoms with Crippen molar-refractivity contribution < 1.29 is 4.74 Å². The van der Waals surface area contributed by atoms with E-state index < -0.39 is 0 Å².